The van der Waals surface area contributed by atoms with Crippen molar-refractivity contribution in [3.05, 3.63) is 224 Å². The van der Waals surface area contributed by atoms with E-state index in [1.807, 2.05) is 0 Å². The molecule has 0 fully saturated rings. The summed E-state index contributed by atoms with van der Waals surface area (Å²) in [6.45, 7) is 0. The molecule has 0 heterocycles. The molecule has 11 aromatic rings. The van der Waals surface area contributed by atoms with E-state index in [2.05, 4.69) is 229 Å². The minimum Gasteiger partial charge on any atom is -0.310 e. The predicted molar refractivity (Wildman–Crippen MR) is 252 cm³/mol. The lowest BCUT2D eigenvalue weighted by Crippen LogP contribution is -2.10. The number of hydrogen-bond donors (Lipinski definition) is 0. The molecule has 12 rings (SSSR count). The lowest BCUT2D eigenvalue weighted by molar-refractivity contribution is 1.28. The van der Waals surface area contributed by atoms with Crippen molar-refractivity contribution in [3.8, 4) is 55.6 Å². The van der Waals surface area contributed by atoms with Gasteiger partial charge in [-0.05, 0) is 141 Å². The summed E-state index contributed by atoms with van der Waals surface area (Å²) in [5.74, 6) is 0. The average molecular weight is 748 g/mol. The molecule has 0 atom stereocenters. The van der Waals surface area contributed by atoms with Crippen LogP contribution in [0, 0.1) is 0 Å². The fourth-order valence-electron chi connectivity index (χ4n) is 9.57. The highest BCUT2D eigenvalue weighted by atomic mass is 15.1. The highest BCUT2D eigenvalue weighted by Crippen LogP contribution is 2.49. The Morgan fingerprint density at radius 1 is 0.220 bits per heavy atom. The van der Waals surface area contributed by atoms with Crippen molar-refractivity contribution in [2.24, 2.45) is 0 Å². The summed E-state index contributed by atoms with van der Waals surface area (Å²) in [5.41, 5.74) is 15.9. The average Bonchev–Trinajstić information content (AvgIpc) is 3.64. The van der Waals surface area contributed by atoms with Gasteiger partial charge in [0.25, 0.3) is 0 Å². The molecule has 0 amide bonds. The number of fused-ring (bicyclic) bond motifs is 7. The van der Waals surface area contributed by atoms with Crippen molar-refractivity contribution < 1.29 is 0 Å². The molecule has 0 N–H and O–H groups in total. The topological polar surface area (TPSA) is 3.24 Å². The molecule has 11 aromatic carbocycles. The van der Waals surface area contributed by atoms with Crippen LogP contribution >= 0.6 is 0 Å². The minimum atomic E-state index is 1.10. The van der Waals surface area contributed by atoms with Crippen molar-refractivity contribution in [1.29, 1.82) is 0 Å². The van der Waals surface area contributed by atoms with E-state index in [1.54, 1.807) is 0 Å². The molecule has 0 aliphatic heterocycles. The quantitative estimate of drug-likeness (QED) is 0.153. The number of nitrogens with zero attached hydrogens (tertiary/aromatic N) is 1. The van der Waals surface area contributed by atoms with Crippen LogP contribution in [0.1, 0.15) is 0 Å². The third-order valence-electron chi connectivity index (χ3n) is 12.4. The molecule has 0 spiro atoms. The number of rotatable bonds is 6. The summed E-state index contributed by atoms with van der Waals surface area (Å²) < 4.78 is 0. The molecule has 1 nitrogen and oxygen atoms in total. The number of anilines is 3. The van der Waals surface area contributed by atoms with Gasteiger partial charge in [0.2, 0.25) is 0 Å². The van der Waals surface area contributed by atoms with Crippen LogP contribution in [0.3, 0.4) is 0 Å². The van der Waals surface area contributed by atoms with Crippen LogP contribution in [0.4, 0.5) is 17.1 Å². The summed E-state index contributed by atoms with van der Waals surface area (Å²) in [7, 11) is 0. The van der Waals surface area contributed by atoms with E-state index in [0.717, 1.165) is 17.1 Å². The second-order valence-corrected chi connectivity index (χ2v) is 15.7. The van der Waals surface area contributed by atoms with Gasteiger partial charge in [-0.3, -0.25) is 0 Å². The maximum Gasteiger partial charge on any atom is 0.0467 e. The summed E-state index contributed by atoms with van der Waals surface area (Å²) in [5, 5.41) is 10.2. The Morgan fingerprint density at radius 2 is 0.712 bits per heavy atom. The Labute approximate surface area is 343 Å². The molecule has 0 saturated carbocycles. The maximum absolute atomic E-state index is 2.39. The van der Waals surface area contributed by atoms with Gasteiger partial charge in [-0.1, -0.05) is 182 Å². The Balaban J connectivity index is 0.977. The SMILES string of the molecule is c1cc(-c2ccc3c4c(cccc24)-c2ccccc2-3)cc(N(c2ccc(-c3ccc4ccc5ccccc5c4c3)cc2)c2ccc(-c3cccc4ccccc34)cc2)c1. The summed E-state index contributed by atoms with van der Waals surface area (Å²) in [6, 6.07) is 82.5. The molecule has 0 bridgehead atoms. The molecule has 1 heteroatoms. The van der Waals surface area contributed by atoms with Gasteiger partial charge in [-0.2, -0.15) is 0 Å². The van der Waals surface area contributed by atoms with Crippen molar-refractivity contribution in [2.75, 3.05) is 4.90 Å². The van der Waals surface area contributed by atoms with E-state index in [0.29, 0.717) is 0 Å². The lowest BCUT2D eigenvalue weighted by Gasteiger charge is -2.26. The monoisotopic (exact) mass is 747 g/mol. The zero-order chi connectivity index (χ0) is 38.9. The molecule has 1 aliphatic rings. The first-order valence-corrected chi connectivity index (χ1v) is 20.4. The van der Waals surface area contributed by atoms with Crippen molar-refractivity contribution >= 4 is 60.2 Å². The number of benzene rings is 11. The molecule has 0 aromatic heterocycles. The summed E-state index contributed by atoms with van der Waals surface area (Å²) >= 11 is 0. The third kappa shape index (κ3) is 5.47. The van der Waals surface area contributed by atoms with Gasteiger partial charge in [0, 0.05) is 17.1 Å². The Morgan fingerprint density at radius 3 is 1.49 bits per heavy atom. The van der Waals surface area contributed by atoms with E-state index in [4.69, 9.17) is 0 Å². The molecule has 1 aliphatic carbocycles. The molecule has 0 saturated heterocycles. The van der Waals surface area contributed by atoms with E-state index >= 15 is 0 Å². The van der Waals surface area contributed by atoms with Crippen LogP contribution in [-0.4, -0.2) is 0 Å². The molecule has 274 valence electrons. The second kappa shape index (κ2) is 13.4. The van der Waals surface area contributed by atoms with Crippen LogP contribution in [-0.2, 0) is 0 Å². The first-order valence-electron chi connectivity index (χ1n) is 20.4. The normalized spacial score (nSPS) is 11.7. The first-order chi connectivity index (χ1) is 29.2. The number of hydrogen-bond acceptors (Lipinski definition) is 1. The lowest BCUT2D eigenvalue weighted by atomic mass is 9.94. The van der Waals surface area contributed by atoms with E-state index in [-0.39, 0.29) is 0 Å². The summed E-state index contributed by atoms with van der Waals surface area (Å²) in [6.07, 6.45) is 0. The van der Waals surface area contributed by atoms with Crippen molar-refractivity contribution in [2.45, 2.75) is 0 Å². The highest BCUT2D eigenvalue weighted by molar-refractivity contribution is 6.18. The Bertz CT molecular complexity index is 3400. The summed E-state index contributed by atoms with van der Waals surface area (Å²) in [4.78, 5) is 2.39. The second-order valence-electron chi connectivity index (χ2n) is 15.7. The Hall–Kier alpha value is -7.74. The molecular formula is C58H37N. The van der Waals surface area contributed by atoms with Crippen molar-refractivity contribution in [1.82, 2.24) is 0 Å². The van der Waals surface area contributed by atoms with E-state index in [1.165, 1.54) is 98.7 Å². The van der Waals surface area contributed by atoms with E-state index in [9.17, 15) is 0 Å². The maximum atomic E-state index is 2.39. The van der Waals surface area contributed by atoms with E-state index < -0.39 is 0 Å². The van der Waals surface area contributed by atoms with Gasteiger partial charge in [0.15, 0.2) is 0 Å². The van der Waals surface area contributed by atoms with Gasteiger partial charge >= 0.3 is 0 Å². The van der Waals surface area contributed by atoms with Gasteiger partial charge in [-0.25, -0.2) is 0 Å². The highest BCUT2D eigenvalue weighted by Gasteiger charge is 2.23. The van der Waals surface area contributed by atoms with Crippen LogP contribution in [0.2, 0.25) is 0 Å². The predicted octanol–water partition coefficient (Wildman–Crippen LogP) is 16.4. The standard InChI is InChI=1S/C58H37N/c1-3-15-48-39(10-1)12-8-19-49(48)41-28-32-46(33-29-41)59(45-30-26-38(27-31-45)43-25-24-42-23-22-40-11-2-4-16-50(40)57(42)37-43)47-14-7-13-44(36-47)51-34-35-56-53-18-6-5-17-52(53)55-21-9-20-54(51)58(55)56/h1-37H. The smallest absolute Gasteiger partial charge is 0.0467 e. The van der Waals surface area contributed by atoms with Gasteiger partial charge in [0.05, 0.1) is 0 Å². The van der Waals surface area contributed by atoms with Crippen LogP contribution in [0.15, 0.2) is 224 Å². The largest absolute Gasteiger partial charge is 0.310 e. The zero-order valence-corrected chi connectivity index (χ0v) is 32.3. The fraction of sp³-hybridized carbons (Fsp3) is 0. The fourth-order valence-corrected chi connectivity index (χ4v) is 9.57. The van der Waals surface area contributed by atoms with Gasteiger partial charge < -0.3 is 4.90 Å². The minimum absolute atomic E-state index is 1.10. The molecule has 0 unspecified atom stereocenters. The molecular weight excluding hydrogens is 711 g/mol. The van der Waals surface area contributed by atoms with Gasteiger partial charge in [-0.15, -0.1) is 0 Å². The first kappa shape index (κ1) is 33.4. The van der Waals surface area contributed by atoms with Crippen LogP contribution in [0.5, 0.6) is 0 Å². The van der Waals surface area contributed by atoms with Gasteiger partial charge in [0.1, 0.15) is 0 Å². The zero-order valence-electron chi connectivity index (χ0n) is 32.3. The van der Waals surface area contributed by atoms with Crippen LogP contribution < -0.4 is 4.90 Å². The molecule has 0 radical (unpaired) electrons. The Kier molecular flexibility index (Phi) is 7.61. The van der Waals surface area contributed by atoms with Crippen LogP contribution in [0.25, 0.3) is 98.7 Å². The molecule has 59 heavy (non-hydrogen) atoms. The third-order valence-corrected chi connectivity index (χ3v) is 12.4. The van der Waals surface area contributed by atoms with Crippen molar-refractivity contribution in [3.63, 3.8) is 0 Å².